The van der Waals surface area contributed by atoms with Crippen LogP contribution >= 0.6 is 0 Å². The van der Waals surface area contributed by atoms with E-state index in [-0.39, 0.29) is 24.6 Å². The third-order valence-electron chi connectivity index (χ3n) is 4.45. The van der Waals surface area contributed by atoms with Gasteiger partial charge in [-0.2, -0.15) is 13.2 Å². The predicted molar refractivity (Wildman–Crippen MR) is 90.6 cm³/mol. The molecule has 1 fully saturated rings. The molecule has 0 aromatic heterocycles. The number of halogens is 3. The predicted octanol–water partition coefficient (Wildman–Crippen LogP) is 1.73. The zero-order chi connectivity index (χ0) is 19.6. The molecule has 1 atom stereocenters. The van der Waals surface area contributed by atoms with Crippen LogP contribution in [-0.4, -0.2) is 37.4 Å². The summed E-state index contributed by atoms with van der Waals surface area (Å²) in [6, 6.07) is 10.2. The first kappa shape index (κ1) is 18.9. The number of nitrogens with one attached hydrogen (secondary N) is 1. The van der Waals surface area contributed by atoms with Crippen LogP contribution in [0.1, 0.15) is 26.3 Å². The number of carboxylic acid groups (broad SMARTS) is 1. The van der Waals surface area contributed by atoms with Gasteiger partial charge in [0.2, 0.25) is 0 Å². The molecule has 27 heavy (non-hydrogen) atoms. The second kappa shape index (κ2) is 7.40. The fourth-order valence-electron chi connectivity index (χ4n) is 3.16. The van der Waals surface area contributed by atoms with E-state index in [0.717, 1.165) is 12.1 Å². The molecule has 1 aliphatic rings. The number of Topliss-reactive ketones (excluding diaryl/α,β-unsaturated/α-hetero) is 1. The quantitative estimate of drug-likeness (QED) is 0.822. The van der Waals surface area contributed by atoms with Crippen LogP contribution in [0.4, 0.5) is 18.9 Å². The lowest BCUT2D eigenvalue weighted by atomic mass is 9.98. The van der Waals surface area contributed by atoms with E-state index in [1.54, 1.807) is 30.3 Å². The fourth-order valence-corrected chi connectivity index (χ4v) is 3.16. The summed E-state index contributed by atoms with van der Waals surface area (Å²) in [5.74, 6) is -2.00. The van der Waals surface area contributed by atoms with Gasteiger partial charge in [0.15, 0.2) is 5.78 Å². The molecule has 1 aliphatic heterocycles. The van der Waals surface area contributed by atoms with E-state index in [1.807, 2.05) is 0 Å². The highest BCUT2D eigenvalue weighted by Gasteiger charge is 2.38. The van der Waals surface area contributed by atoms with Crippen LogP contribution in [-0.2, 0) is 6.18 Å². The van der Waals surface area contributed by atoms with Crippen molar-refractivity contribution in [3.05, 3.63) is 65.2 Å². The number of carbonyl (C=O) groups excluding carboxylic acids is 2. The van der Waals surface area contributed by atoms with Crippen molar-refractivity contribution in [2.75, 3.05) is 24.5 Å². The number of benzene rings is 2. The van der Waals surface area contributed by atoms with Crippen molar-refractivity contribution < 1.29 is 27.9 Å². The van der Waals surface area contributed by atoms with Gasteiger partial charge in [0.1, 0.15) is 6.04 Å². The number of carbonyl (C=O) groups is 2. The Bertz CT molecular complexity index is 853. The van der Waals surface area contributed by atoms with Crippen LogP contribution in [0.15, 0.2) is 48.5 Å². The largest absolute Gasteiger partial charge is 0.545 e. The molecule has 2 aromatic rings. The van der Waals surface area contributed by atoms with Crippen LogP contribution in [0.3, 0.4) is 0 Å². The minimum Gasteiger partial charge on any atom is -0.545 e. The van der Waals surface area contributed by atoms with Crippen LogP contribution in [0.5, 0.6) is 0 Å². The van der Waals surface area contributed by atoms with E-state index < -0.39 is 29.3 Å². The topological polar surface area (TPSA) is 72.5 Å². The average Bonchev–Trinajstić information content (AvgIpc) is 2.67. The number of hydrogen-bond acceptors (Lipinski definition) is 5. The summed E-state index contributed by atoms with van der Waals surface area (Å²) in [7, 11) is 0. The molecule has 142 valence electrons. The first-order valence-electron chi connectivity index (χ1n) is 8.28. The Balaban J connectivity index is 2.04. The molecule has 0 radical (unpaired) electrons. The number of alkyl halides is 3. The highest BCUT2D eigenvalue weighted by Crippen LogP contribution is 2.38. The molecule has 5 nitrogen and oxygen atoms in total. The van der Waals surface area contributed by atoms with Gasteiger partial charge >= 0.3 is 6.18 Å². The van der Waals surface area contributed by atoms with Crippen molar-refractivity contribution in [1.82, 2.24) is 5.32 Å². The minimum absolute atomic E-state index is 0.178. The average molecular weight is 377 g/mol. The number of nitrogens with zero attached hydrogens (tertiary/aromatic N) is 1. The summed E-state index contributed by atoms with van der Waals surface area (Å²) in [5.41, 5.74) is -1.48. The molecule has 8 heteroatoms. The maximum atomic E-state index is 13.6. The smallest absolute Gasteiger partial charge is 0.418 e. The van der Waals surface area contributed by atoms with Gasteiger partial charge in [-0.25, -0.2) is 0 Å². The zero-order valence-corrected chi connectivity index (χ0v) is 14.1. The number of piperazine rings is 1. The molecule has 0 spiro atoms. The zero-order valence-electron chi connectivity index (χ0n) is 14.1. The summed E-state index contributed by atoms with van der Waals surface area (Å²) < 4.78 is 40.7. The summed E-state index contributed by atoms with van der Waals surface area (Å²) in [5, 5.41) is 14.0. The van der Waals surface area contributed by atoms with Crippen molar-refractivity contribution in [3.63, 3.8) is 0 Å². The molecule has 2 aromatic carbocycles. The fraction of sp³-hybridized carbons (Fsp3) is 0.263. The number of ketones is 1. The number of carboxylic acids is 1. The molecule has 1 unspecified atom stereocenters. The van der Waals surface area contributed by atoms with Crippen LogP contribution in [0.25, 0.3) is 0 Å². The van der Waals surface area contributed by atoms with E-state index in [4.69, 9.17) is 0 Å². The molecule has 0 amide bonds. The number of aromatic carboxylic acids is 1. The molecule has 3 rings (SSSR count). The lowest BCUT2D eigenvalue weighted by molar-refractivity contribution is -0.255. The van der Waals surface area contributed by atoms with Gasteiger partial charge in [0.25, 0.3) is 0 Å². The summed E-state index contributed by atoms with van der Waals surface area (Å²) in [4.78, 5) is 25.2. The standard InChI is InChI=1S/C19H17F3N2O3/c20-19(21,22)14-10-13(18(26)27)6-7-15(14)24-9-8-23-11-16(24)17(25)12-4-2-1-3-5-12/h1-7,10,16,23H,8-9,11H2,(H,26,27)/p-1. The Morgan fingerprint density at radius 3 is 2.41 bits per heavy atom. The van der Waals surface area contributed by atoms with Crippen molar-refractivity contribution in [1.29, 1.82) is 0 Å². The monoisotopic (exact) mass is 377 g/mol. The van der Waals surface area contributed by atoms with E-state index >= 15 is 0 Å². The summed E-state index contributed by atoms with van der Waals surface area (Å²) >= 11 is 0. The Morgan fingerprint density at radius 2 is 1.78 bits per heavy atom. The lowest BCUT2D eigenvalue weighted by Crippen LogP contribution is -2.55. The van der Waals surface area contributed by atoms with Crippen molar-refractivity contribution in [2.24, 2.45) is 0 Å². The van der Waals surface area contributed by atoms with Gasteiger partial charge in [-0.3, -0.25) is 4.79 Å². The molecule has 0 aliphatic carbocycles. The molecule has 1 saturated heterocycles. The van der Waals surface area contributed by atoms with E-state index in [0.29, 0.717) is 18.2 Å². The number of rotatable bonds is 4. The van der Waals surface area contributed by atoms with Crippen LogP contribution in [0, 0.1) is 0 Å². The highest BCUT2D eigenvalue weighted by atomic mass is 19.4. The molecule has 1 heterocycles. The van der Waals surface area contributed by atoms with Gasteiger partial charge in [-0.15, -0.1) is 0 Å². The minimum atomic E-state index is -4.77. The molecule has 0 saturated carbocycles. The first-order chi connectivity index (χ1) is 12.8. The third kappa shape index (κ3) is 3.95. The van der Waals surface area contributed by atoms with Crippen LogP contribution in [0.2, 0.25) is 0 Å². The summed E-state index contributed by atoms with van der Waals surface area (Å²) in [6.07, 6.45) is -4.77. The molecule has 0 bridgehead atoms. The van der Waals surface area contributed by atoms with Gasteiger partial charge in [-0.1, -0.05) is 36.4 Å². The Morgan fingerprint density at radius 1 is 1.07 bits per heavy atom. The number of hydrogen-bond donors (Lipinski definition) is 1. The maximum absolute atomic E-state index is 13.6. The molecule has 1 N–H and O–H groups in total. The second-order valence-corrected chi connectivity index (χ2v) is 6.16. The van der Waals surface area contributed by atoms with Gasteiger partial charge in [0, 0.05) is 30.9 Å². The first-order valence-corrected chi connectivity index (χ1v) is 8.28. The van der Waals surface area contributed by atoms with Crippen LogP contribution < -0.4 is 15.3 Å². The van der Waals surface area contributed by atoms with E-state index in [1.165, 1.54) is 4.90 Å². The van der Waals surface area contributed by atoms with Gasteiger partial charge in [-0.05, 0) is 17.7 Å². The normalized spacial score (nSPS) is 17.6. The van der Waals surface area contributed by atoms with Gasteiger partial charge in [0.05, 0.1) is 11.5 Å². The SMILES string of the molecule is O=C([O-])c1ccc(N2CCNCC2C(=O)c2ccccc2)c(C(F)(F)F)c1. The maximum Gasteiger partial charge on any atom is 0.418 e. The van der Waals surface area contributed by atoms with Crippen molar-refractivity contribution >= 4 is 17.4 Å². The second-order valence-electron chi connectivity index (χ2n) is 6.16. The Kier molecular flexibility index (Phi) is 5.18. The Hall–Kier alpha value is -2.87. The van der Waals surface area contributed by atoms with Crippen molar-refractivity contribution in [3.8, 4) is 0 Å². The third-order valence-corrected chi connectivity index (χ3v) is 4.45. The Labute approximate surface area is 153 Å². The number of anilines is 1. The lowest BCUT2D eigenvalue weighted by Gasteiger charge is -2.38. The van der Waals surface area contributed by atoms with E-state index in [9.17, 15) is 27.9 Å². The van der Waals surface area contributed by atoms with E-state index in [2.05, 4.69) is 5.32 Å². The molecular formula is C19H16F3N2O3-. The molecular weight excluding hydrogens is 361 g/mol. The van der Waals surface area contributed by atoms with Gasteiger partial charge < -0.3 is 20.1 Å². The van der Waals surface area contributed by atoms with Crippen molar-refractivity contribution in [2.45, 2.75) is 12.2 Å². The summed E-state index contributed by atoms with van der Waals surface area (Å²) in [6.45, 7) is 0.766. The highest BCUT2D eigenvalue weighted by molar-refractivity contribution is 6.02.